The van der Waals surface area contributed by atoms with Gasteiger partial charge in [-0.05, 0) is 37.2 Å². The first-order valence-electron chi connectivity index (χ1n) is 6.56. The van der Waals surface area contributed by atoms with Crippen molar-refractivity contribution in [1.29, 1.82) is 0 Å². The minimum absolute atomic E-state index is 0.0275. The third-order valence-corrected chi connectivity index (χ3v) is 3.95. The zero-order chi connectivity index (χ0) is 14.7. The van der Waals surface area contributed by atoms with Crippen LogP contribution in [0, 0.1) is 11.8 Å². The van der Waals surface area contributed by atoms with Gasteiger partial charge in [0.1, 0.15) is 0 Å². The van der Waals surface area contributed by atoms with Crippen molar-refractivity contribution in [3.63, 3.8) is 0 Å². The van der Waals surface area contributed by atoms with Gasteiger partial charge in [-0.3, -0.25) is 9.59 Å². The molecule has 1 aliphatic rings. The SMILES string of the molecule is CNC(=O)c1ccc(NC(=O)C(C)C2CNC2)cc1Cl. The molecule has 0 bridgehead atoms. The molecule has 20 heavy (non-hydrogen) atoms. The molecule has 3 N–H and O–H groups in total. The lowest BCUT2D eigenvalue weighted by Gasteiger charge is -2.31. The Morgan fingerprint density at radius 3 is 2.60 bits per heavy atom. The normalized spacial score (nSPS) is 16.1. The Kier molecular flexibility index (Phi) is 4.62. The van der Waals surface area contributed by atoms with Gasteiger partial charge in [-0.2, -0.15) is 0 Å². The first-order valence-corrected chi connectivity index (χ1v) is 6.94. The average Bonchev–Trinajstić information content (AvgIpc) is 2.36. The minimum atomic E-state index is -0.248. The second-order valence-corrected chi connectivity index (χ2v) is 5.38. The Labute approximate surface area is 123 Å². The van der Waals surface area contributed by atoms with Gasteiger partial charge >= 0.3 is 0 Å². The highest BCUT2D eigenvalue weighted by atomic mass is 35.5. The van der Waals surface area contributed by atoms with E-state index in [9.17, 15) is 9.59 Å². The molecule has 2 amide bonds. The molecule has 1 saturated heterocycles. The number of amides is 2. The second-order valence-electron chi connectivity index (χ2n) is 4.97. The van der Waals surface area contributed by atoms with Crippen LogP contribution in [0.5, 0.6) is 0 Å². The molecule has 1 aliphatic heterocycles. The molecule has 1 aromatic carbocycles. The van der Waals surface area contributed by atoms with Crippen LogP contribution in [0.4, 0.5) is 5.69 Å². The molecule has 0 aromatic heterocycles. The van der Waals surface area contributed by atoms with Crippen LogP contribution in [0.25, 0.3) is 0 Å². The van der Waals surface area contributed by atoms with Gasteiger partial charge in [0.15, 0.2) is 0 Å². The maximum Gasteiger partial charge on any atom is 0.252 e. The summed E-state index contributed by atoms with van der Waals surface area (Å²) in [5, 5.41) is 8.82. The fourth-order valence-electron chi connectivity index (χ4n) is 2.05. The van der Waals surface area contributed by atoms with Crippen LogP contribution in [0.3, 0.4) is 0 Å². The van der Waals surface area contributed by atoms with Gasteiger partial charge in [-0.1, -0.05) is 18.5 Å². The molecule has 2 rings (SSSR count). The van der Waals surface area contributed by atoms with E-state index in [2.05, 4.69) is 16.0 Å². The third-order valence-electron chi connectivity index (χ3n) is 3.64. The van der Waals surface area contributed by atoms with Crippen molar-refractivity contribution in [2.75, 3.05) is 25.5 Å². The van der Waals surface area contributed by atoms with E-state index in [0.29, 0.717) is 22.2 Å². The Morgan fingerprint density at radius 2 is 2.10 bits per heavy atom. The van der Waals surface area contributed by atoms with Crippen molar-refractivity contribution < 1.29 is 9.59 Å². The fourth-order valence-corrected chi connectivity index (χ4v) is 2.31. The first-order chi connectivity index (χ1) is 9.52. The van der Waals surface area contributed by atoms with Crippen molar-refractivity contribution in [3.05, 3.63) is 28.8 Å². The second kappa shape index (κ2) is 6.24. The Balaban J connectivity index is 2.04. The zero-order valence-corrected chi connectivity index (χ0v) is 12.3. The molecule has 0 saturated carbocycles. The van der Waals surface area contributed by atoms with Gasteiger partial charge < -0.3 is 16.0 Å². The highest BCUT2D eigenvalue weighted by molar-refractivity contribution is 6.34. The Bertz CT molecular complexity index is 529. The molecule has 0 spiro atoms. The molecule has 1 atom stereocenters. The first kappa shape index (κ1) is 14.8. The summed E-state index contributed by atoms with van der Waals surface area (Å²) in [6.07, 6.45) is 0. The van der Waals surface area contributed by atoms with Crippen LogP contribution < -0.4 is 16.0 Å². The van der Waals surface area contributed by atoms with Crippen molar-refractivity contribution in [3.8, 4) is 0 Å². The fraction of sp³-hybridized carbons (Fsp3) is 0.429. The van der Waals surface area contributed by atoms with Crippen LogP contribution in [-0.2, 0) is 4.79 Å². The quantitative estimate of drug-likeness (QED) is 0.788. The van der Waals surface area contributed by atoms with E-state index in [1.54, 1.807) is 25.2 Å². The molecular weight excluding hydrogens is 278 g/mol. The average molecular weight is 296 g/mol. The van der Waals surface area contributed by atoms with E-state index in [-0.39, 0.29) is 17.7 Å². The summed E-state index contributed by atoms with van der Waals surface area (Å²) in [7, 11) is 1.54. The monoisotopic (exact) mass is 295 g/mol. The number of nitrogens with one attached hydrogen (secondary N) is 3. The van der Waals surface area contributed by atoms with E-state index in [1.165, 1.54) is 0 Å². The minimum Gasteiger partial charge on any atom is -0.355 e. The molecule has 1 aromatic rings. The lowest BCUT2D eigenvalue weighted by Crippen LogP contribution is -2.48. The van der Waals surface area contributed by atoms with Gasteiger partial charge in [-0.25, -0.2) is 0 Å². The summed E-state index contributed by atoms with van der Waals surface area (Å²) in [6.45, 7) is 3.68. The number of carbonyl (C=O) groups excluding carboxylic acids is 2. The number of carbonyl (C=O) groups is 2. The molecule has 0 aliphatic carbocycles. The van der Waals surface area contributed by atoms with Gasteiger partial charge in [0.2, 0.25) is 5.91 Å². The summed E-state index contributed by atoms with van der Waals surface area (Å²) in [5.74, 6) is 0.0614. The number of anilines is 1. The van der Waals surface area contributed by atoms with Crippen LogP contribution in [0.2, 0.25) is 5.02 Å². The predicted octanol–water partition coefficient (Wildman–Crippen LogP) is 1.49. The van der Waals surface area contributed by atoms with Crippen molar-refractivity contribution in [2.45, 2.75) is 6.92 Å². The lowest BCUT2D eigenvalue weighted by molar-refractivity contribution is -0.121. The highest BCUT2D eigenvalue weighted by Crippen LogP contribution is 2.23. The van der Waals surface area contributed by atoms with Gasteiger partial charge in [0.05, 0.1) is 10.6 Å². The van der Waals surface area contributed by atoms with Crippen LogP contribution in [-0.4, -0.2) is 32.0 Å². The summed E-state index contributed by atoms with van der Waals surface area (Å²) in [4.78, 5) is 23.6. The van der Waals surface area contributed by atoms with Gasteiger partial charge in [-0.15, -0.1) is 0 Å². The third kappa shape index (κ3) is 3.11. The molecule has 6 heteroatoms. The summed E-state index contributed by atoms with van der Waals surface area (Å²) >= 11 is 6.04. The van der Waals surface area contributed by atoms with E-state index in [4.69, 9.17) is 11.6 Å². The van der Waals surface area contributed by atoms with E-state index in [0.717, 1.165) is 13.1 Å². The van der Waals surface area contributed by atoms with Crippen molar-refractivity contribution in [2.24, 2.45) is 11.8 Å². The van der Waals surface area contributed by atoms with E-state index in [1.807, 2.05) is 6.92 Å². The Hall–Kier alpha value is -1.59. The molecular formula is C14H18ClN3O2. The number of rotatable bonds is 4. The molecule has 0 radical (unpaired) electrons. The van der Waals surface area contributed by atoms with Gasteiger partial charge in [0, 0.05) is 18.7 Å². The summed E-state index contributed by atoms with van der Waals surface area (Å²) < 4.78 is 0. The van der Waals surface area contributed by atoms with Crippen LogP contribution in [0.1, 0.15) is 17.3 Å². The van der Waals surface area contributed by atoms with Crippen molar-refractivity contribution >= 4 is 29.1 Å². The van der Waals surface area contributed by atoms with Crippen LogP contribution >= 0.6 is 11.6 Å². The number of hydrogen-bond acceptors (Lipinski definition) is 3. The molecule has 1 heterocycles. The largest absolute Gasteiger partial charge is 0.355 e. The number of benzene rings is 1. The predicted molar refractivity (Wildman–Crippen MR) is 79.0 cm³/mol. The van der Waals surface area contributed by atoms with Crippen LogP contribution in [0.15, 0.2) is 18.2 Å². The zero-order valence-electron chi connectivity index (χ0n) is 11.5. The highest BCUT2D eigenvalue weighted by Gasteiger charge is 2.28. The maximum absolute atomic E-state index is 12.1. The molecule has 1 fully saturated rings. The smallest absolute Gasteiger partial charge is 0.252 e. The molecule has 1 unspecified atom stereocenters. The molecule has 108 valence electrons. The van der Waals surface area contributed by atoms with Gasteiger partial charge in [0.25, 0.3) is 5.91 Å². The summed E-state index contributed by atoms with van der Waals surface area (Å²) in [5.41, 5.74) is 0.996. The summed E-state index contributed by atoms with van der Waals surface area (Å²) in [6, 6.07) is 4.88. The van der Waals surface area contributed by atoms with Crippen molar-refractivity contribution in [1.82, 2.24) is 10.6 Å². The lowest BCUT2D eigenvalue weighted by atomic mass is 9.88. The number of hydrogen-bond donors (Lipinski definition) is 3. The molecule has 5 nitrogen and oxygen atoms in total. The van der Waals surface area contributed by atoms with E-state index < -0.39 is 0 Å². The Morgan fingerprint density at radius 1 is 1.40 bits per heavy atom. The van der Waals surface area contributed by atoms with E-state index >= 15 is 0 Å². The number of halogens is 1. The maximum atomic E-state index is 12.1. The standard InChI is InChI=1S/C14H18ClN3O2/c1-8(9-6-17-7-9)13(19)18-10-3-4-11(12(15)5-10)14(20)16-2/h3-5,8-9,17H,6-7H2,1-2H3,(H,16,20)(H,18,19). The topological polar surface area (TPSA) is 70.2 Å².